The first kappa shape index (κ1) is 10.5. The minimum Gasteiger partial charge on any atom is -0.0991 e. The minimum atomic E-state index is 1.22. The van der Waals surface area contributed by atoms with Gasteiger partial charge in [0.1, 0.15) is 0 Å². The van der Waals surface area contributed by atoms with Crippen molar-refractivity contribution in [1.29, 1.82) is 0 Å². The standard InChI is InChI=1S/C11H20/c1-3-5-7-9-11-10-8-6-4-2/h3,5,7H,1,4,6,8-11H2,2H3/b7-5+. The topological polar surface area (TPSA) is 0 Å². The maximum absolute atomic E-state index is 3.62. The van der Waals surface area contributed by atoms with Gasteiger partial charge in [0, 0.05) is 0 Å². The van der Waals surface area contributed by atoms with Gasteiger partial charge >= 0.3 is 0 Å². The van der Waals surface area contributed by atoms with Crippen molar-refractivity contribution in [1.82, 2.24) is 0 Å². The first-order chi connectivity index (χ1) is 5.41. The Morgan fingerprint density at radius 1 is 1.09 bits per heavy atom. The molecule has 0 radical (unpaired) electrons. The second kappa shape index (κ2) is 9.48. The highest BCUT2D eigenvalue weighted by atomic mass is 13.9. The molecule has 0 N–H and O–H groups in total. The largest absolute Gasteiger partial charge is 0.0991 e. The Morgan fingerprint density at radius 3 is 2.45 bits per heavy atom. The van der Waals surface area contributed by atoms with Crippen molar-refractivity contribution in [3.8, 4) is 0 Å². The molecule has 0 aliphatic rings. The van der Waals surface area contributed by atoms with Crippen LogP contribution in [0.5, 0.6) is 0 Å². The first-order valence-electron chi connectivity index (χ1n) is 4.69. The van der Waals surface area contributed by atoms with Crippen LogP contribution in [0.15, 0.2) is 24.8 Å². The summed E-state index contributed by atoms with van der Waals surface area (Å²) < 4.78 is 0. The van der Waals surface area contributed by atoms with Gasteiger partial charge in [-0.1, -0.05) is 57.4 Å². The fourth-order valence-corrected chi connectivity index (χ4v) is 1.06. The molecule has 0 spiro atoms. The molecule has 0 fully saturated rings. The molecule has 0 rings (SSSR count). The molecule has 0 heterocycles. The lowest BCUT2D eigenvalue weighted by atomic mass is 10.1. The zero-order valence-electron chi connectivity index (χ0n) is 7.68. The van der Waals surface area contributed by atoms with Gasteiger partial charge in [0.05, 0.1) is 0 Å². The van der Waals surface area contributed by atoms with E-state index in [-0.39, 0.29) is 0 Å². The Balaban J connectivity index is 2.90. The molecule has 0 aromatic carbocycles. The summed E-state index contributed by atoms with van der Waals surface area (Å²) in [6.45, 7) is 5.87. The smallest absolute Gasteiger partial charge is 0.0348 e. The van der Waals surface area contributed by atoms with Crippen molar-refractivity contribution in [2.75, 3.05) is 0 Å². The summed E-state index contributed by atoms with van der Waals surface area (Å²) in [6, 6.07) is 0. The molecule has 0 atom stereocenters. The van der Waals surface area contributed by atoms with Crippen LogP contribution in [0.3, 0.4) is 0 Å². The quantitative estimate of drug-likeness (QED) is 0.381. The predicted molar refractivity (Wildman–Crippen MR) is 52.7 cm³/mol. The van der Waals surface area contributed by atoms with Crippen molar-refractivity contribution in [3.63, 3.8) is 0 Å². The normalized spacial score (nSPS) is 10.6. The summed E-state index contributed by atoms with van der Waals surface area (Å²) in [5.74, 6) is 0. The molecule has 0 unspecified atom stereocenters. The molecule has 0 nitrogen and oxygen atoms in total. The summed E-state index contributed by atoms with van der Waals surface area (Å²) in [5.41, 5.74) is 0. The molecule has 0 aromatic heterocycles. The minimum absolute atomic E-state index is 1.22. The summed E-state index contributed by atoms with van der Waals surface area (Å²) >= 11 is 0. The Kier molecular flexibility index (Phi) is 9.03. The van der Waals surface area contributed by atoms with Gasteiger partial charge in [-0.15, -0.1) is 0 Å². The van der Waals surface area contributed by atoms with Gasteiger partial charge in [0.25, 0.3) is 0 Å². The number of hydrogen-bond acceptors (Lipinski definition) is 0. The van der Waals surface area contributed by atoms with E-state index in [1.807, 2.05) is 12.2 Å². The van der Waals surface area contributed by atoms with Crippen molar-refractivity contribution < 1.29 is 0 Å². The number of unbranched alkanes of at least 4 members (excludes halogenated alkanes) is 5. The first-order valence-corrected chi connectivity index (χ1v) is 4.69. The number of hydrogen-bond donors (Lipinski definition) is 0. The molecular formula is C11H20. The van der Waals surface area contributed by atoms with Gasteiger partial charge in [0.2, 0.25) is 0 Å². The molecule has 0 bridgehead atoms. The monoisotopic (exact) mass is 152 g/mol. The predicted octanol–water partition coefficient (Wildman–Crippen LogP) is 4.09. The summed E-state index contributed by atoms with van der Waals surface area (Å²) in [5, 5.41) is 0. The average Bonchev–Trinajstić information content (AvgIpc) is 2.03. The maximum atomic E-state index is 3.62. The van der Waals surface area contributed by atoms with Gasteiger partial charge in [-0.05, 0) is 12.8 Å². The van der Waals surface area contributed by atoms with E-state index >= 15 is 0 Å². The van der Waals surface area contributed by atoms with Crippen LogP contribution in [0.2, 0.25) is 0 Å². The van der Waals surface area contributed by atoms with E-state index < -0.39 is 0 Å². The summed E-state index contributed by atoms with van der Waals surface area (Å²) in [4.78, 5) is 0. The van der Waals surface area contributed by atoms with E-state index in [0.29, 0.717) is 0 Å². The highest BCUT2D eigenvalue weighted by Gasteiger charge is 1.85. The van der Waals surface area contributed by atoms with Crippen LogP contribution < -0.4 is 0 Å². The van der Waals surface area contributed by atoms with Gasteiger partial charge in [-0.3, -0.25) is 0 Å². The van der Waals surface area contributed by atoms with Crippen LogP contribution in [0.1, 0.15) is 45.4 Å². The highest BCUT2D eigenvalue weighted by Crippen LogP contribution is 2.04. The third-order valence-corrected chi connectivity index (χ3v) is 1.75. The molecule has 11 heavy (non-hydrogen) atoms. The van der Waals surface area contributed by atoms with Crippen LogP contribution in [0.25, 0.3) is 0 Å². The lowest BCUT2D eigenvalue weighted by Crippen LogP contribution is -1.75. The molecule has 0 aliphatic heterocycles. The van der Waals surface area contributed by atoms with E-state index in [0.717, 1.165) is 0 Å². The van der Waals surface area contributed by atoms with E-state index in [1.54, 1.807) is 0 Å². The van der Waals surface area contributed by atoms with Crippen LogP contribution in [0, 0.1) is 0 Å². The zero-order valence-corrected chi connectivity index (χ0v) is 7.68. The fourth-order valence-electron chi connectivity index (χ4n) is 1.06. The van der Waals surface area contributed by atoms with E-state index in [4.69, 9.17) is 0 Å². The lowest BCUT2D eigenvalue weighted by Gasteiger charge is -1.95. The molecule has 0 saturated carbocycles. The Morgan fingerprint density at radius 2 is 1.82 bits per heavy atom. The van der Waals surface area contributed by atoms with E-state index in [9.17, 15) is 0 Å². The zero-order chi connectivity index (χ0) is 8.36. The second-order valence-corrected chi connectivity index (χ2v) is 2.87. The Hall–Kier alpha value is -0.520. The molecule has 0 amide bonds. The van der Waals surface area contributed by atoms with Crippen molar-refractivity contribution in [2.24, 2.45) is 0 Å². The SMILES string of the molecule is C=C/C=C/CCCCCCC. The van der Waals surface area contributed by atoms with Crippen molar-refractivity contribution in [3.05, 3.63) is 24.8 Å². The molecule has 64 valence electrons. The Bertz CT molecular complexity index is 101. The highest BCUT2D eigenvalue weighted by molar-refractivity contribution is 4.96. The van der Waals surface area contributed by atoms with Gasteiger partial charge in [0.15, 0.2) is 0 Å². The van der Waals surface area contributed by atoms with Gasteiger partial charge < -0.3 is 0 Å². The third kappa shape index (κ3) is 9.48. The Labute approximate surface area is 71.0 Å². The van der Waals surface area contributed by atoms with Crippen molar-refractivity contribution >= 4 is 0 Å². The van der Waals surface area contributed by atoms with Crippen LogP contribution in [-0.4, -0.2) is 0 Å². The third-order valence-electron chi connectivity index (χ3n) is 1.75. The molecule has 0 aliphatic carbocycles. The van der Waals surface area contributed by atoms with Crippen LogP contribution in [-0.2, 0) is 0 Å². The average molecular weight is 152 g/mol. The van der Waals surface area contributed by atoms with Crippen LogP contribution >= 0.6 is 0 Å². The lowest BCUT2D eigenvalue weighted by molar-refractivity contribution is 0.637. The van der Waals surface area contributed by atoms with Gasteiger partial charge in [-0.25, -0.2) is 0 Å². The van der Waals surface area contributed by atoms with Gasteiger partial charge in [-0.2, -0.15) is 0 Å². The molecule has 0 aromatic rings. The van der Waals surface area contributed by atoms with Crippen LogP contribution in [0.4, 0.5) is 0 Å². The number of rotatable bonds is 7. The molecular weight excluding hydrogens is 132 g/mol. The van der Waals surface area contributed by atoms with E-state index in [2.05, 4.69) is 19.6 Å². The molecule has 0 heteroatoms. The second-order valence-electron chi connectivity index (χ2n) is 2.87. The van der Waals surface area contributed by atoms with E-state index in [1.165, 1.54) is 38.5 Å². The molecule has 0 saturated heterocycles. The maximum Gasteiger partial charge on any atom is -0.0348 e. The summed E-state index contributed by atoms with van der Waals surface area (Å²) in [7, 11) is 0. The summed E-state index contributed by atoms with van der Waals surface area (Å²) in [6.07, 6.45) is 14.1. The van der Waals surface area contributed by atoms with Crippen molar-refractivity contribution in [2.45, 2.75) is 45.4 Å². The number of allylic oxidation sites excluding steroid dienone is 3. The fraction of sp³-hybridized carbons (Fsp3) is 0.636.